The molecule has 0 aliphatic heterocycles. The predicted octanol–water partition coefficient (Wildman–Crippen LogP) is 2.82. The van der Waals surface area contributed by atoms with Crippen molar-refractivity contribution in [2.45, 2.75) is 52.6 Å². The Bertz CT molecular complexity index is 472. The normalized spacial score (nSPS) is 10.3. The van der Waals surface area contributed by atoms with Gasteiger partial charge in [-0.05, 0) is 38.5 Å². The molecular weight excluding hydrogens is 268 g/mol. The lowest BCUT2D eigenvalue weighted by Gasteiger charge is -2.11. The maximum Gasteiger partial charge on any atom is 0.269 e. The molecule has 5 heteroatoms. The van der Waals surface area contributed by atoms with Gasteiger partial charge in [-0.15, -0.1) is 0 Å². The van der Waals surface area contributed by atoms with Crippen LogP contribution < -0.4 is 15.6 Å². The molecule has 2 N–H and O–H groups in total. The third-order valence-corrected chi connectivity index (χ3v) is 2.79. The van der Waals surface area contributed by atoms with E-state index in [1.54, 1.807) is 24.3 Å². The number of hydrogen-bond acceptors (Lipinski definition) is 3. The van der Waals surface area contributed by atoms with E-state index in [1.165, 1.54) is 0 Å². The van der Waals surface area contributed by atoms with E-state index in [1.807, 2.05) is 13.8 Å². The number of amides is 2. The van der Waals surface area contributed by atoms with Crippen LogP contribution >= 0.6 is 0 Å². The van der Waals surface area contributed by atoms with E-state index < -0.39 is 0 Å². The van der Waals surface area contributed by atoms with E-state index in [0.717, 1.165) is 19.3 Å². The first-order chi connectivity index (χ1) is 10.0. The molecule has 0 unspecified atom stereocenters. The number of benzene rings is 1. The topological polar surface area (TPSA) is 67.4 Å². The summed E-state index contributed by atoms with van der Waals surface area (Å²) in [5.41, 5.74) is 5.28. The summed E-state index contributed by atoms with van der Waals surface area (Å²) in [6, 6.07) is 6.86. The summed E-state index contributed by atoms with van der Waals surface area (Å²) in [5, 5.41) is 0. The van der Waals surface area contributed by atoms with Crippen molar-refractivity contribution < 1.29 is 14.3 Å². The van der Waals surface area contributed by atoms with Gasteiger partial charge in [-0.2, -0.15) is 0 Å². The molecule has 0 heterocycles. The van der Waals surface area contributed by atoms with Gasteiger partial charge in [-0.3, -0.25) is 20.4 Å². The van der Waals surface area contributed by atoms with Crippen molar-refractivity contribution in [2.24, 2.45) is 0 Å². The number of ether oxygens (including phenoxy) is 1. The van der Waals surface area contributed by atoms with Crippen molar-refractivity contribution in [1.82, 2.24) is 10.9 Å². The molecule has 2 amide bonds. The maximum absolute atomic E-state index is 11.9. The number of nitrogens with one attached hydrogen (secondary N) is 2. The largest absolute Gasteiger partial charge is 0.491 e. The van der Waals surface area contributed by atoms with Crippen molar-refractivity contribution in [3.63, 3.8) is 0 Å². The Morgan fingerprint density at radius 2 is 1.95 bits per heavy atom. The van der Waals surface area contributed by atoms with Gasteiger partial charge in [0.1, 0.15) is 5.75 Å². The Morgan fingerprint density at radius 1 is 1.19 bits per heavy atom. The van der Waals surface area contributed by atoms with Crippen LogP contribution in [0.25, 0.3) is 0 Å². The fraction of sp³-hybridized carbons (Fsp3) is 0.500. The minimum absolute atomic E-state index is 0.0431. The molecule has 0 saturated heterocycles. The first-order valence-corrected chi connectivity index (χ1v) is 7.38. The molecule has 0 atom stereocenters. The quantitative estimate of drug-likeness (QED) is 0.600. The predicted molar refractivity (Wildman–Crippen MR) is 82.0 cm³/mol. The molecule has 0 spiro atoms. The summed E-state index contributed by atoms with van der Waals surface area (Å²) in [5.74, 6) is 0.103. The van der Waals surface area contributed by atoms with Gasteiger partial charge in [0, 0.05) is 12.0 Å². The third-order valence-electron chi connectivity index (χ3n) is 2.79. The zero-order chi connectivity index (χ0) is 15.7. The van der Waals surface area contributed by atoms with Crippen LogP contribution in [0.2, 0.25) is 0 Å². The van der Waals surface area contributed by atoms with E-state index in [2.05, 4.69) is 17.8 Å². The van der Waals surface area contributed by atoms with Crippen LogP contribution in [-0.2, 0) is 4.79 Å². The van der Waals surface area contributed by atoms with Crippen LogP contribution in [-0.4, -0.2) is 17.9 Å². The number of hydrazine groups is 1. The summed E-state index contributed by atoms with van der Waals surface area (Å²) >= 11 is 0. The Balaban J connectivity index is 2.46. The Kier molecular flexibility index (Phi) is 7.29. The van der Waals surface area contributed by atoms with Gasteiger partial charge in [0.05, 0.1) is 6.10 Å². The van der Waals surface area contributed by atoms with Crippen molar-refractivity contribution in [3.8, 4) is 5.75 Å². The highest BCUT2D eigenvalue weighted by atomic mass is 16.5. The van der Waals surface area contributed by atoms with Crippen LogP contribution in [0.4, 0.5) is 0 Å². The third kappa shape index (κ3) is 6.79. The van der Waals surface area contributed by atoms with E-state index in [9.17, 15) is 9.59 Å². The van der Waals surface area contributed by atoms with Crippen LogP contribution in [0.15, 0.2) is 24.3 Å². The van der Waals surface area contributed by atoms with E-state index in [-0.39, 0.29) is 17.9 Å². The number of carbonyl (C=O) groups excluding carboxylic acids is 2. The first-order valence-electron chi connectivity index (χ1n) is 7.38. The van der Waals surface area contributed by atoms with Crippen LogP contribution in [0, 0.1) is 0 Å². The smallest absolute Gasteiger partial charge is 0.269 e. The Morgan fingerprint density at radius 3 is 2.62 bits per heavy atom. The van der Waals surface area contributed by atoms with Gasteiger partial charge >= 0.3 is 0 Å². The fourth-order valence-corrected chi connectivity index (χ4v) is 1.78. The SMILES string of the molecule is CCCCCC(=O)NNC(=O)c1cccc(OC(C)C)c1. The van der Waals surface area contributed by atoms with Crippen LogP contribution in [0.5, 0.6) is 5.75 Å². The zero-order valence-corrected chi connectivity index (χ0v) is 12.9. The summed E-state index contributed by atoms with van der Waals surface area (Å²) in [6.07, 6.45) is 3.36. The molecule has 0 aliphatic carbocycles. The van der Waals surface area contributed by atoms with Crippen molar-refractivity contribution >= 4 is 11.8 Å². The lowest BCUT2D eigenvalue weighted by molar-refractivity contribution is -0.121. The minimum atomic E-state index is -0.354. The zero-order valence-electron chi connectivity index (χ0n) is 12.9. The molecule has 0 aromatic heterocycles. The summed E-state index contributed by atoms with van der Waals surface area (Å²) in [7, 11) is 0. The summed E-state index contributed by atoms with van der Waals surface area (Å²) in [4.78, 5) is 23.5. The van der Waals surface area contributed by atoms with E-state index in [4.69, 9.17) is 4.74 Å². The second kappa shape index (κ2) is 9.00. The highest BCUT2D eigenvalue weighted by Crippen LogP contribution is 2.14. The summed E-state index contributed by atoms with van der Waals surface area (Å²) in [6.45, 7) is 5.92. The van der Waals surface area contributed by atoms with Crippen LogP contribution in [0.1, 0.15) is 56.8 Å². The van der Waals surface area contributed by atoms with Gasteiger partial charge in [0.15, 0.2) is 0 Å². The molecular formula is C16H24N2O3. The van der Waals surface area contributed by atoms with Gasteiger partial charge < -0.3 is 4.74 Å². The number of carbonyl (C=O) groups is 2. The highest BCUT2D eigenvalue weighted by Gasteiger charge is 2.08. The maximum atomic E-state index is 11.9. The van der Waals surface area contributed by atoms with Crippen molar-refractivity contribution in [1.29, 1.82) is 0 Å². The lowest BCUT2D eigenvalue weighted by Crippen LogP contribution is -2.41. The number of rotatable bonds is 7. The molecule has 116 valence electrons. The molecule has 0 aliphatic rings. The molecule has 0 bridgehead atoms. The second-order valence-corrected chi connectivity index (χ2v) is 5.15. The Hall–Kier alpha value is -2.04. The highest BCUT2D eigenvalue weighted by molar-refractivity contribution is 5.95. The van der Waals surface area contributed by atoms with Crippen LogP contribution in [0.3, 0.4) is 0 Å². The molecule has 0 fully saturated rings. The lowest BCUT2D eigenvalue weighted by atomic mass is 10.2. The van der Waals surface area contributed by atoms with Gasteiger partial charge in [0.2, 0.25) is 5.91 Å². The van der Waals surface area contributed by atoms with E-state index in [0.29, 0.717) is 17.7 Å². The first kappa shape index (κ1) is 17.0. The monoisotopic (exact) mass is 292 g/mol. The van der Waals surface area contributed by atoms with Gasteiger partial charge in [0.25, 0.3) is 5.91 Å². The average Bonchev–Trinajstić information content (AvgIpc) is 2.44. The van der Waals surface area contributed by atoms with Crippen molar-refractivity contribution in [3.05, 3.63) is 29.8 Å². The fourth-order valence-electron chi connectivity index (χ4n) is 1.78. The standard InChI is InChI=1S/C16H24N2O3/c1-4-5-6-10-15(19)17-18-16(20)13-8-7-9-14(11-13)21-12(2)3/h7-9,11-12H,4-6,10H2,1-3H3,(H,17,19)(H,18,20). The van der Waals surface area contributed by atoms with Gasteiger partial charge in [-0.1, -0.05) is 25.8 Å². The van der Waals surface area contributed by atoms with Gasteiger partial charge in [-0.25, -0.2) is 0 Å². The molecule has 1 rings (SSSR count). The molecule has 0 saturated carbocycles. The minimum Gasteiger partial charge on any atom is -0.491 e. The average molecular weight is 292 g/mol. The Labute approximate surface area is 126 Å². The molecule has 0 radical (unpaired) electrons. The second-order valence-electron chi connectivity index (χ2n) is 5.15. The molecule has 1 aromatic carbocycles. The molecule has 5 nitrogen and oxygen atoms in total. The molecule has 1 aromatic rings. The number of unbranched alkanes of at least 4 members (excludes halogenated alkanes) is 2. The van der Waals surface area contributed by atoms with Crippen molar-refractivity contribution in [2.75, 3.05) is 0 Å². The molecule has 21 heavy (non-hydrogen) atoms. The van der Waals surface area contributed by atoms with E-state index >= 15 is 0 Å². The number of hydrogen-bond donors (Lipinski definition) is 2. The summed E-state index contributed by atoms with van der Waals surface area (Å²) < 4.78 is 5.53.